The molecule has 1 unspecified atom stereocenters. The summed E-state index contributed by atoms with van der Waals surface area (Å²) >= 11 is 0. The standard InChI is InChI=1S/C9H13NO4/c1-5(4-14-10)6-2-3-7(11)9(13)8(6)12/h2-3,5,11-13H,4,10H2,1H3. The SMILES string of the molecule is CC(CON)c1ccc(O)c(O)c1O. The van der Waals surface area contributed by atoms with Gasteiger partial charge in [-0.3, -0.25) is 0 Å². The molecular formula is C9H13NO4. The molecule has 0 spiro atoms. The van der Waals surface area contributed by atoms with Crippen LogP contribution in [-0.4, -0.2) is 21.9 Å². The highest BCUT2D eigenvalue weighted by molar-refractivity contribution is 5.54. The van der Waals surface area contributed by atoms with Crippen LogP contribution in [-0.2, 0) is 4.84 Å². The van der Waals surface area contributed by atoms with Gasteiger partial charge in [0.25, 0.3) is 0 Å². The number of rotatable bonds is 3. The van der Waals surface area contributed by atoms with Gasteiger partial charge in [-0.15, -0.1) is 0 Å². The van der Waals surface area contributed by atoms with Gasteiger partial charge < -0.3 is 20.2 Å². The van der Waals surface area contributed by atoms with Crippen molar-refractivity contribution in [2.45, 2.75) is 12.8 Å². The second-order valence-electron chi connectivity index (χ2n) is 3.11. The van der Waals surface area contributed by atoms with Crippen molar-refractivity contribution >= 4 is 0 Å². The molecule has 1 rings (SSSR count). The molecule has 5 heteroatoms. The maximum atomic E-state index is 9.47. The fourth-order valence-corrected chi connectivity index (χ4v) is 1.22. The van der Waals surface area contributed by atoms with E-state index in [2.05, 4.69) is 4.84 Å². The molecule has 78 valence electrons. The van der Waals surface area contributed by atoms with E-state index in [-0.39, 0.29) is 24.0 Å². The van der Waals surface area contributed by atoms with Crippen molar-refractivity contribution in [1.82, 2.24) is 0 Å². The number of hydrogen-bond donors (Lipinski definition) is 4. The number of aromatic hydroxyl groups is 3. The molecule has 0 aliphatic rings. The highest BCUT2D eigenvalue weighted by Crippen LogP contribution is 2.39. The van der Waals surface area contributed by atoms with Gasteiger partial charge in [-0.05, 0) is 6.07 Å². The molecule has 0 saturated carbocycles. The summed E-state index contributed by atoms with van der Waals surface area (Å²) in [5.41, 5.74) is 0.478. The Morgan fingerprint density at radius 2 is 1.93 bits per heavy atom. The first-order valence-electron chi connectivity index (χ1n) is 4.13. The van der Waals surface area contributed by atoms with Crippen molar-refractivity contribution in [3.05, 3.63) is 17.7 Å². The predicted octanol–water partition coefficient (Wildman–Crippen LogP) is 0.797. The molecule has 0 amide bonds. The van der Waals surface area contributed by atoms with E-state index < -0.39 is 5.75 Å². The Kier molecular flexibility index (Phi) is 3.16. The second kappa shape index (κ2) is 4.17. The molecular weight excluding hydrogens is 186 g/mol. The third-order valence-electron chi connectivity index (χ3n) is 2.04. The second-order valence-corrected chi connectivity index (χ2v) is 3.11. The average Bonchev–Trinajstić information content (AvgIpc) is 2.15. The lowest BCUT2D eigenvalue weighted by molar-refractivity contribution is 0.126. The first-order chi connectivity index (χ1) is 6.57. The topological polar surface area (TPSA) is 95.9 Å². The Balaban J connectivity index is 3.04. The summed E-state index contributed by atoms with van der Waals surface area (Å²) in [6.45, 7) is 2.00. The molecule has 0 heterocycles. The predicted molar refractivity (Wildman–Crippen MR) is 50.0 cm³/mol. The third kappa shape index (κ3) is 1.89. The van der Waals surface area contributed by atoms with Crippen LogP contribution in [0.4, 0.5) is 0 Å². The summed E-state index contributed by atoms with van der Waals surface area (Å²) in [5, 5.41) is 27.8. The first-order valence-corrected chi connectivity index (χ1v) is 4.13. The van der Waals surface area contributed by atoms with E-state index in [1.54, 1.807) is 6.92 Å². The molecule has 0 bridgehead atoms. The Bertz CT molecular complexity index is 327. The summed E-state index contributed by atoms with van der Waals surface area (Å²) in [6.07, 6.45) is 0. The Morgan fingerprint density at radius 3 is 2.50 bits per heavy atom. The lowest BCUT2D eigenvalue weighted by Gasteiger charge is -2.13. The van der Waals surface area contributed by atoms with E-state index in [4.69, 9.17) is 11.0 Å². The van der Waals surface area contributed by atoms with Crippen molar-refractivity contribution in [2.24, 2.45) is 5.90 Å². The first kappa shape index (κ1) is 10.6. The largest absolute Gasteiger partial charge is 0.504 e. The molecule has 0 aliphatic carbocycles. The van der Waals surface area contributed by atoms with E-state index in [0.717, 1.165) is 0 Å². The van der Waals surface area contributed by atoms with E-state index in [1.807, 2.05) is 0 Å². The monoisotopic (exact) mass is 199 g/mol. The third-order valence-corrected chi connectivity index (χ3v) is 2.04. The molecule has 0 aliphatic heterocycles. The molecule has 1 atom stereocenters. The highest BCUT2D eigenvalue weighted by atomic mass is 16.6. The van der Waals surface area contributed by atoms with E-state index >= 15 is 0 Å². The zero-order valence-electron chi connectivity index (χ0n) is 7.77. The van der Waals surface area contributed by atoms with Gasteiger partial charge in [0.15, 0.2) is 11.5 Å². The minimum absolute atomic E-state index is 0.161. The normalized spacial score (nSPS) is 12.7. The van der Waals surface area contributed by atoms with Crippen LogP contribution in [0.2, 0.25) is 0 Å². The molecule has 0 fully saturated rings. The van der Waals surface area contributed by atoms with Gasteiger partial charge in [0.2, 0.25) is 5.75 Å². The average molecular weight is 199 g/mol. The summed E-state index contributed by atoms with van der Waals surface area (Å²) in [4.78, 5) is 4.43. The van der Waals surface area contributed by atoms with Gasteiger partial charge in [-0.1, -0.05) is 13.0 Å². The van der Waals surface area contributed by atoms with E-state index in [0.29, 0.717) is 5.56 Å². The van der Waals surface area contributed by atoms with Crippen LogP contribution < -0.4 is 5.90 Å². The fraction of sp³-hybridized carbons (Fsp3) is 0.333. The van der Waals surface area contributed by atoms with Gasteiger partial charge in [-0.2, -0.15) is 0 Å². The highest BCUT2D eigenvalue weighted by Gasteiger charge is 2.15. The lowest BCUT2D eigenvalue weighted by atomic mass is 10.0. The van der Waals surface area contributed by atoms with Crippen molar-refractivity contribution in [2.75, 3.05) is 6.61 Å². The Hall–Kier alpha value is -1.46. The maximum absolute atomic E-state index is 9.47. The summed E-state index contributed by atoms with van der Waals surface area (Å²) in [6, 6.07) is 2.81. The quantitative estimate of drug-likeness (QED) is 0.426. The maximum Gasteiger partial charge on any atom is 0.200 e. The van der Waals surface area contributed by atoms with Gasteiger partial charge in [0, 0.05) is 11.5 Å². The minimum Gasteiger partial charge on any atom is -0.504 e. The number of hydrogen-bond acceptors (Lipinski definition) is 5. The van der Waals surface area contributed by atoms with Gasteiger partial charge in [-0.25, -0.2) is 5.90 Å². The molecule has 5 nitrogen and oxygen atoms in total. The number of phenolic OH excluding ortho intramolecular Hbond substituents is 3. The van der Waals surface area contributed by atoms with Crippen molar-refractivity contribution in [3.8, 4) is 17.2 Å². The Labute approximate surface area is 81.3 Å². The van der Waals surface area contributed by atoms with Crippen LogP contribution in [0, 0.1) is 0 Å². The Morgan fingerprint density at radius 1 is 1.29 bits per heavy atom. The molecule has 0 radical (unpaired) electrons. The van der Waals surface area contributed by atoms with Crippen molar-refractivity contribution in [3.63, 3.8) is 0 Å². The van der Waals surface area contributed by atoms with Crippen molar-refractivity contribution < 1.29 is 20.2 Å². The summed E-state index contributed by atoms with van der Waals surface area (Å²) in [5.74, 6) is 3.52. The van der Waals surface area contributed by atoms with E-state index in [9.17, 15) is 10.2 Å². The molecule has 0 aromatic heterocycles. The van der Waals surface area contributed by atoms with Crippen LogP contribution in [0.25, 0.3) is 0 Å². The number of nitrogens with two attached hydrogens (primary N) is 1. The molecule has 1 aromatic carbocycles. The number of phenols is 3. The van der Waals surface area contributed by atoms with Crippen LogP contribution in [0.3, 0.4) is 0 Å². The lowest BCUT2D eigenvalue weighted by Crippen LogP contribution is -2.08. The van der Waals surface area contributed by atoms with Crippen LogP contribution >= 0.6 is 0 Å². The van der Waals surface area contributed by atoms with Crippen LogP contribution in [0.1, 0.15) is 18.4 Å². The van der Waals surface area contributed by atoms with Crippen LogP contribution in [0.5, 0.6) is 17.2 Å². The zero-order valence-corrected chi connectivity index (χ0v) is 7.77. The number of benzene rings is 1. The van der Waals surface area contributed by atoms with E-state index in [1.165, 1.54) is 12.1 Å². The van der Waals surface area contributed by atoms with Gasteiger partial charge in [0.1, 0.15) is 0 Å². The molecule has 0 saturated heterocycles. The van der Waals surface area contributed by atoms with Crippen LogP contribution in [0.15, 0.2) is 12.1 Å². The molecule has 5 N–H and O–H groups in total. The van der Waals surface area contributed by atoms with Crippen molar-refractivity contribution in [1.29, 1.82) is 0 Å². The summed E-state index contributed by atoms with van der Waals surface area (Å²) in [7, 11) is 0. The fourth-order valence-electron chi connectivity index (χ4n) is 1.22. The van der Waals surface area contributed by atoms with Gasteiger partial charge in [0.05, 0.1) is 6.61 Å². The zero-order chi connectivity index (χ0) is 10.7. The smallest absolute Gasteiger partial charge is 0.200 e. The summed E-state index contributed by atoms with van der Waals surface area (Å²) < 4.78 is 0. The minimum atomic E-state index is -0.522. The van der Waals surface area contributed by atoms with Gasteiger partial charge >= 0.3 is 0 Å². The molecule has 14 heavy (non-hydrogen) atoms. The molecule has 1 aromatic rings.